The molecule has 1 unspecified atom stereocenters. The minimum Gasteiger partial charge on any atom is -0.395 e. The smallest absolute Gasteiger partial charge is 0.136 e. The van der Waals surface area contributed by atoms with Crippen molar-refractivity contribution in [2.75, 3.05) is 12.4 Å². The molecule has 0 spiro atoms. The maximum Gasteiger partial charge on any atom is 0.136 e. The first-order chi connectivity index (χ1) is 6.63. The Morgan fingerprint density at radius 1 is 1.43 bits per heavy atom. The summed E-state index contributed by atoms with van der Waals surface area (Å²) in [7, 11) is 0. The van der Waals surface area contributed by atoms with Gasteiger partial charge in [0.05, 0.1) is 6.61 Å². The number of aliphatic hydroxyl groups is 1. The number of thioether (sulfide) groups is 1. The van der Waals surface area contributed by atoms with Crippen LogP contribution >= 0.6 is 11.8 Å². The van der Waals surface area contributed by atoms with Gasteiger partial charge in [-0.05, 0) is 18.2 Å². The van der Waals surface area contributed by atoms with E-state index in [1.54, 1.807) is 0 Å². The summed E-state index contributed by atoms with van der Waals surface area (Å²) < 4.78 is 25.7. The summed E-state index contributed by atoms with van der Waals surface area (Å²) in [5.74, 6) is -0.593. The Labute approximate surface area is 85.1 Å². The molecule has 1 rings (SSSR count). The molecule has 1 aromatic carbocycles. The van der Waals surface area contributed by atoms with Crippen molar-refractivity contribution in [1.29, 1.82) is 0 Å². The lowest BCUT2D eigenvalue weighted by Crippen LogP contribution is -2.26. The quantitative estimate of drug-likeness (QED) is 0.752. The summed E-state index contributed by atoms with van der Waals surface area (Å²) >= 11 is 1.09. The molecule has 2 nitrogen and oxygen atoms in total. The summed E-state index contributed by atoms with van der Waals surface area (Å²) in [5.41, 5.74) is 5.42. The predicted molar refractivity (Wildman–Crippen MR) is 52.1 cm³/mol. The Bertz CT molecular complexity index is 309. The molecule has 1 aromatic rings. The minimum absolute atomic E-state index is 0.163. The Morgan fingerprint density at radius 3 is 2.79 bits per heavy atom. The van der Waals surface area contributed by atoms with Crippen LogP contribution in [0.1, 0.15) is 0 Å². The summed E-state index contributed by atoms with van der Waals surface area (Å²) in [6, 6.07) is 2.83. The molecule has 5 heteroatoms. The second kappa shape index (κ2) is 5.29. The van der Waals surface area contributed by atoms with Crippen molar-refractivity contribution in [1.82, 2.24) is 0 Å². The van der Waals surface area contributed by atoms with Gasteiger partial charge in [0.2, 0.25) is 0 Å². The highest BCUT2D eigenvalue weighted by Crippen LogP contribution is 2.22. The number of benzene rings is 1. The third kappa shape index (κ3) is 3.25. The largest absolute Gasteiger partial charge is 0.395 e. The minimum atomic E-state index is -0.480. The van der Waals surface area contributed by atoms with E-state index in [1.165, 1.54) is 0 Å². The molecule has 3 N–H and O–H groups in total. The fourth-order valence-electron chi connectivity index (χ4n) is 0.837. The van der Waals surface area contributed by atoms with Gasteiger partial charge in [-0.15, -0.1) is 11.8 Å². The predicted octanol–water partition coefficient (Wildman–Crippen LogP) is 1.38. The molecule has 14 heavy (non-hydrogen) atoms. The molecule has 0 aliphatic carbocycles. The van der Waals surface area contributed by atoms with Crippen molar-refractivity contribution in [3.8, 4) is 0 Å². The number of rotatable bonds is 4. The number of hydrogen-bond donors (Lipinski definition) is 2. The summed E-state index contributed by atoms with van der Waals surface area (Å²) in [6.07, 6.45) is 0. The Balaban J connectivity index is 2.62. The molecule has 0 aliphatic rings. The van der Waals surface area contributed by atoms with Crippen molar-refractivity contribution < 1.29 is 13.9 Å². The second-order valence-corrected chi connectivity index (χ2v) is 3.89. The van der Waals surface area contributed by atoms with Gasteiger partial charge in [0.15, 0.2) is 0 Å². The van der Waals surface area contributed by atoms with Crippen LogP contribution in [-0.4, -0.2) is 23.5 Å². The Kier molecular flexibility index (Phi) is 4.31. The maximum atomic E-state index is 13.0. The number of hydrogen-bond acceptors (Lipinski definition) is 3. The van der Waals surface area contributed by atoms with Crippen LogP contribution in [0.3, 0.4) is 0 Å². The van der Waals surface area contributed by atoms with Gasteiger partial charge < -0.3 is 10.8 Å². The topological polar surface area (TPSA) is 46.2 Å². The third-order valence-corrected chi connectivity index (χ3v) is 2.80. The molecule has 0 saturated carbocycles. The first-order valence-electron chi connectivity index (χ1n) is 4.07. The average Bonchev–Trinajstić information content (AvgIpc) is 2.19. The van der Waals surface area contributed by atoms with Gasteiger partial charge in [-0.1, -0.05) is 0 Å². The second-order valence-electron chi connectivity index (χ2n) is 2.83. The van der Waals surface area contributed by atoms with E-state index >= 15 is 0 Å². The van der Waals surface area contributed by atoms with Crippen LogP contribution in [0, 0.1) is 11.6 Å². The van der Waals surface area contributed by atoms with Gasteiger partial charge in [0.1, 0.15) is 11.6 Å². The van der Waals surface area contributed by atoms with Crippen LogP contribution in [0.25, 0.3) is 0 Å². The molecule has 0 fully saturated rings. The van der Waals surface area contributed by atoms with E-state index < -0.39 is 17.7 Å². The first-order valence-corrected chi connectivity index (χ1v) is 5.06. The van der Waals surface area contributed by atoms with E-state index in [2.05, 4.69) is 0 Å². The number of halogens is 2. The van der Waals surface area contributed by atoms with E-state index in [0.29, 0.717) is 5.75 Å². The lowest BCUT2D eigenvalue weighted by Gasteiger charge is -2.07. The Hall–Kier alpha value is -0.650. The van der Waals surface area contributed by atoms with Crippen LogP contribution in [0.4, 0.5) is 8.78 Å². The zero-order valence-electron chi connectivity index (χ0n) is 7.41. The molecule has 0 heterocycles. The third-order valence-electron chi connectivity index (χ3n) is 1.58. The van der Waals surface area contributed by atoms with Crippen molar-refractivity contribution in [2.45, 2.75) is 10.9 Å². The zero-order chi connectivity index (χ0) is 10.6. The van der Waals surface area contributed by atoms with Crippen LogP contribution in [0.2, 0.25) is 0 Å². The SMILES string of the molecule is NC(CO)CSc1cc(F)ccc1F. The van der Waals surface area contributed by atoms with E-state index in [0.717, 1.165) is 30.0 Å². The summed E-state index contributed by atoms with van der Waals surface area (Å²) in [4.78, 5) is 0.217. The van der Waals surface area contributed by atoms with Gasteiger partial charge in [-0.3, -0.25) is 0 Å². The number of aliphatic hydroxyl groups excluding tert-OH is 1. The van der Waals surface area contributed by atoms with E-state index in [9.17, 15) is 8.78 Å². The van der Waals surface area contributed by atoms with Crippen LogP contribution in [0.5, 0.6) is 0 Å². The van der Waals surface area contributed by atoms with Crippen molar-refractivity contribution >= 4 is 11.8 Å². The number of nitrogens with two attached hydrogens (primary N) is 1. The molecule has 0 aliphatic heterocycles. The summed E-state index contributed by atoms with van der Waals surface area (Å²) in [6.45, 7) is -0.163. The molecule has 0 bridgehead atoms. The van der Waals surface area contributed by atoms with Crippen molar-refractivity contribution in [3.63, 3.8) is 0 Å². The van der Waals surface area contributed by atoms with Gasteiger partial charge in [0, 0.05) is 16.7 Å². The summed E-state index contributed by atoms with van der Waals surface area (Å²) in [5, 5.41) is 8.63. The van der Waals surface area contributed by atoms with Gasteiger partial charge >= 0.3 is 0 Å². The fourth-order valence-corrected chi connectivity index (χ4v) is 1.74. The standard InChI is InChI=1S/C9H11F2NOS/c10-6-1-2-8(11)9(3-6)14-5-7(12)4-13/h1-3,7,13H,4-5,12H2. The van der Waals surface area contributed by atoms with Crippen molar-refractivity contribution in [2.24, 2.45) is 5.73 Å². The molecular weight excluding hydrogens is 208 g/mol. The lowest BCUT2D eigenvalue weighted by molar-refractivity contribution is 0.275. The Morgan fingerprint density at radius 2 is 2.14 bits per heavy atom. The van der Waals surface area contributed by atoms with Gasteiger partial charge in [-0.25, -0.2) is 8.78 Å². The molecule has 0 amide bonds. The van der Waals surface area contributed by atoms with Crippen molar-refractivity contribution in [3.05, 3.63) is 29.8 Å². The highest BCUT2D eigenvalue weighted by molar-refractivity contribution is 7.99. The molecule has 0 aromatic heterocycles. The van der Waals surface area contributed by atoms with Crippen LogP contribution in [-0.2, 0) is 0 Å². The maximum absolute atomic E-state index is 13.0. The lowest BCUT2D eigenvalue weighted by atomic mass is 10.3. The highest BCUT2D eigenvalue weighted by Gasteiger charge is 2.07. The van der Waals surface area contributed by atoms with Gasteiger partial charge in [0.25, 0.3) is 0 Å². The zero-order valence-corrected chi connectivity index (χ0v) is 8.23. The van der Waals surface area contributed by atoms with E-state index in [-0.39, 0.29) is 11.5 Å². The fraction of sp³-hybridized carbons (Fsp3) is 0.333. The van der Waals surface area contributed by atoms with Crippen LogP contribution < -0.4 is 5.73 Å². The molecule has 0 saturated heterocycles. The van der Waals surface area contributed by atoms with E-state index in [1.807, 2.05) is 0 Å². The molecule has 1 atom stereocenters. The van der Waals surface area contributed by atoms with Gasteiger partial charge in [-0.2, -0.15) is 0 Å². The molecule has 78 valence electrons. The van der Waals surface area contributed by atoms with Crippen LogP contribution in [0.15, 0.2) is 23.1 Å². The molecule has 0 radical (unpaired) electrons. The van der Waals surface area contributed by atoms with E-state index in [4.69, 9.17) is 10.8 Å². The normalized spacial score (nSPS) is 12.9. The monoisotopic (exact) mass is 219 g/mol. The highest BCUT2D eigenvalue weighted by atomic mass is 32.2. The molecular formula is C9H11F2NOS. The first kappa shape index (κ1) is 11.4. The average molecular weight is 219 g/mol.